The highest BCUT2D eigenvalue weighted by molar-refractivity contribution is 9.10. The number of amides is 1. The summed E-state index contributed by atoms with van der Waals surface area (Å²) in [5.41, 5.74) is 0.908. The van der Waals surface area contributed by atoms with E-state index in [1.54, 1.807) is 0 Å². The number of hydrogen-bond donors (Lipinski definition) is 0. The Labute approximate surface area is 151 Å². The van der Waals surface area contributed by atoms with Crippen molar-refractivity contribution < 1.29 is 9.32 Å². The van der Waals surface area contributed by atoms with Crippen LogP contribution in [0.1, 0.15) is 40.0 Å². The van der Waals surface area contributed by atoms with Gasteiger partial charge in [-0.25, -0.2) is 0 Å². The van der Waals surface area contributed by atoms with E-state index in [2.05, 4.69) is 39.9 Å². The molecule has 2 rings (SSSR count). The Kier molecular flexibility index (Phi) is 6.54. The van der Waals surface area contributed by atoms with Gasteiger partial charge in [0.25, 0.3) is 0 Å². The number of carbonyl (C=O) groups excluding carboxylic acids is 1. The monoisotopic (exact) mass is 393 g/mol. The molecule has 1 atom stereocenters. The van der Waals surface area contributed by atoms with E-state index in [0.29, 0.717) is 24.7 Å². The Bertz CT molecular complexity index is 667. The predicted octanol–water partition coefficient (Wildman–Crippen LogP) is 4.32. The number of rotatable bonds is 7. The number of nitrogens with zero attached hydrogens (tertiary/aromatic N) is 3. The molecule has 24 heavy (non-hydrogen) atoms. The largest absolute Gasteiger partial charge is 0.339 e. The summed E-state index contributed by atoms with van der Waals surface area (Å²) in [5, 5.41) is 4.03. The van der Waals surface area contributed by atoms with Gasteiger partial charge in [0.1, 0.15) is 0 Å². The maximum Gasteiger partial charge on any atom is 0.228 e. The molecule has 1 unspecified atom stereocenters. The minimum Gasteiger partial charge on any atom is -0.339 e. The van der Waals surface area contributed by atoms with Crippen LogP contribution in [0.2, 0.25) is 0 Å². The van der Waals surface area contributed by atoms with Crippen molar-refractivity contribution in [3.05, 3.63) is 34.6 Å². The first-order valence-corrected chi connectivity index (χ1v) is 9.10. The quantitative estimate of drug-likeness (QED) is 0.702. The molecule has 1 heterocycles. The lowest BCUT2D eigenvalue weighted by molar-refractivity contribution is -0.136. The first-order chi connectivity index (χ1) is 11.4. The van der Waals surface area contributed by atoms with Crippen LogP contribution in [0.3, 0.4) is 0 Å². The number of aromatic nitrogens is 2. The fourth-order valence-electron chi connectivity index (χ4n) is 2.39. The van der Waals surface area contributed by atoms with Crippen molar-refractivity contribution in [2.75, 3.05) is 6.54 Å². The van der Waals surface area contributed by atoms with Gasteiger partial charge in [-0.1, -0.05) is 41.9 Å². The Morgan fingerprint density at radius 2 is 1.92 bits per heavy atom. The summed E-state index contributed by atoms with van der Waals surface area (Å²) in [5.74, 6) is 1.28. The lowest BCUT2D eigenvalue weighted by Gasteiger charge is -2.29. The van der Waals surface area contributed by atoms with Crippen LogP contribution in [0, 0.1) is 5.92 Å². The highest BCUT2D eigenvalue weighted by Crippen LogP contribution is 2.19. The van der Waals surface area contributed by atoms with Crippen LogP contribution < -0.4 is 0 Å². The zero-order valence-corrected chi connectivity index (χ0v) is 16.2. The number of benzene rings is 1. The molecule has 0 aliphatic rings. The van der Waals surface area contributed by atoms with Crippen molar-refractivity contribution in [3.63, 3.8) is 0 Å². The van der Waals surface area contributed by atoms with E-state index in [1.807, 2.05) is 43.0 Å². The number of carbonyl (C=O) groups is 1. The van der Waals surface area contributed by atoms with Crippen molar-refractivity contribution in [2.24, 2.45) is 5.92 Å². The smallest absolute Gasteiger partial charge is 0.228 e. The maximum absolute atomic E-state index is 12.4. The van der Waals surface area contributed by atoms with Crippen LogP contribution >= 0.6 is 15.9 Å². The standard InChI is InChI=1S/C18H24BrN3O2/c1-5-13(4)22(18(23)12(2)3)11-10-16-20-17(21-24-16)14-6-8-15(19)9-7-14/h6-9,12-13H,5,10-11H2,1-4H3. The van der Waals surface area contributed by atoms with Gasteiger partial charge in [-0.15, -0.1) is 0 Å². The highest BCUT2D eigenvalue weighted by Gasteiger charge is 2.22. The summed E-state index contributed by atoms with van der Waals surface area (Å²) in [7, 11) is 0. The third-order valence-corrected chi connectivity index (χ3v) is 4.57. The summed E-state index contributed by atoms with van der Waals surface area (Å²) >= 11 is 3.41. The summed E-state index contributed by atoms with van der Waals surface area (Å²) in [6, 6.07) is 7.96. The second kappa shape index (κ2) is 8.42. The third kappa shape index (κ3) is 4.66. The molecule has 130 valence electrons. The Hall–Kier alpha value is -1.69. The van der Waals surface area contributed by atoms with E-state index in [4.69, 9.17) is 4.52 Å². The van der Waals surface area contributed by atoms with Crippen molar-refractivity contribution in [3.8, 4) is 11.4 Å². The first kappa shape index (κ1) is 18.6. The molecule has 0 saturated carbocycles. The van der Waals surface area contributed by atoms with Gasteiger partial charge in [0, 0.05) is 35.0 Å². The average Bonchev–Trinajstić information content (AvgIpc) is 3.04. The summed E-state index contributed by atoms with van der Waals surface area (Å²) < 4.78 is 6.35. The second-order valence-electron chi connectivity index (χ2n) is 6.21. The zero-order chi connectivity index (χ0) is 17.7. The Morgan fingerprint density at radius 3 is 2.50 bits per heavy atom. The lowest BCUT2D eigenvalue weighted by atomic mass is 10.1. The molecule has 5 nitrogen and oxygen atoms in total. The maximum atomic E-state index is 12.4. The van der Waals surface area contributed by atoms with E-state index < -0.39 is 0 Å². The van der Waals surface area contributed by atoms with E-state index in [9.17, 15) is 4.79 Å². The number of hydrogen-bond acceptors (Lipinski definition) is 4. The number of halogens is 1. The van der Waals surface area contributed by atoms with Crippen molar-refractivity contribution in [1.82, 2.24) is 15.0 Å². The SMILES string of the molecule is CCC(C)N(CCc1nc(-c2ccc(Br)cc2)no1)C(=O)C(C)C. The highest BCUT2D eigenvalue weighted by atomic mass is 79.9. The Balaban J connectivity index is 2.05. The first-order valence-electron chi connectivity index (χ1n) is 8.31. The van der Waals surface area contributed by atoms with Crippen LogP contribution in [0.15, 0.2) is 33.3 Å². The van der Waals surface area contributed by atoms with Gasteiger partial charge in [-0.2, -0.15) is 4.98 Å². The molecule has 0 radical (unpaired) electrons. The fourth-order valence-corrected chi connectivity index (χ4v) is 2.65. The molecule has 0 N–H and O–H groups in total. The zero-order valence-electron chi connectivity index (χ0n) is 14.6. The minimum atomic E-state index is -0.0139. The van der Waals surface area contributed by atoms with E-state index in [0.717, 1.165) is 16.5 Å². The molecule has 0 saturated heterocycles. The Morgan fingerprint density at radius 1 is 1.25 bits per heavy atom. The fraction of sp³-hybridized carbons (Fsp3) is 0.500. The van der Waals surface area contributed by atoms with Crippen LogP contribution in [-0.4, -0.2) is 33.5 Å². The van der Waals surface area contributed by atoms with Crippen LogP contribution in [0.25, 0.3) is 11.4 Å². The predicted molar refractivity (Wildman–Crippen MR) is 97.4 cm³/mol. The lowest BCUT2D eigenvalue weighted by Crippen LogP contribution is -2.42. The molecule has 2 aromatic rings. The normalized spacial score (nSPS) is 12.4. The van der Waals surface area contributed by atoms with Crippen LogP contribution in [0.5, 0.6) is 0 Å². The van der Waals surface area contributed by atoms with E-state index in [1.165, 1.54) is 0 Å². The molecule has 0 aliphatic heterocycles. The summed E-state index contributed by atoms with van der Waals surface area (Å²) in [6.07, 6.45) is 1.48. The second-order valence-corrected chi connectivity index (χ2v) is 7.13. The molecule has 1 amide bonds. The van der Waals surface area contributed by atoms with E-state index in [-0.39, 0.29) is 17.9 Å². The summed E-state index contributed by atoms with van der Waals surface area (Å²) in [4.78, 5) is 18.7. The van der Waals surface area contributed by atoms with Crippen molar-refractivity contribution in [1.29, 1.82) is 0 Å². The van der Waals surface area contributed by atoms with Gasteiger partial charge in [0.2, 0.25) is 17.6 Å². The van der Waals surface area contributed by atoms with Gasteiger partial charge in [-0.3, -0.25) is 4.79 Å². The average molecular weight is 394 g/mol. The molecule has 1 aromatic carbocycles. The van der Waals surface area contributed by atoms with Crippen LogP contribution in [0.4, 0.5) is 0 Å². The van der Waals surface area contributed by atoms with E-state index >= 15 is 0 Å². The van der Waals surface area contributed by atoms with Gasteiger partial charge < -0.3 is 9.42 Å². The van der Waals surface area contributed by atoms with Gasteiger partial charge in [0.05, 0.1) is 0 Å². The molecule has 6 heteroatoms. The summed E-state index contributed by atoms with van der Waals surface area (Å²) in [6.45, 7) is 8.60. The molecule has 0 spiro atoms. The topological polar surface area (TPSA) is 59.2 Å². The molecular weight excluding hydrogens is 370 g/mol. The molecule has 0 bridgehead atoms. The molecular formula is C18H24BrN3O2. The van der Waals surface area contributed by atoms with Crippen LogP contribution in [-0.2, 0) is 11.2 Å². The van der Waals surface area contributed by atoms with Crippen molar-refractivity contribution >= 4 is 21.8 Å². The van der Waals surface area contributed by atoms with Gasteiger partial charge in [0.15, 0.2) is 0 Å². The molecule has 0 fully saturated rings. The minimum absolute atomic E-state index is 0.0139. The third-order valence-electron chi connectivity index (χ3n) is 4.04. The molecule has 0 aliphatic carbocycles. The molecule has 1 aromatic heterocycles. The van der Waals surface area contributed by atoms with Crippen molar-refractivity contribution in [2.45, 2.75) is 46.6 Å². The van der Waals surface area contributed by atoms with Gasteiger partial charge in [-0.05, 0) is 37.6 Å². The van der Waals surface area contributed by atoms with Gasteiger partial charge >= 0.3 is 0 Å².